The van der Waals surface area contributed by atoms with E-state index in [0.29, 0.717) is 24.0 Å². The maximum atomic E-state index is 14.7. The summed E-state index contributed by atoms with van der Waals surface area (Å²) < 4.78 is 14.7. The van der Waals surface area contributed by atoms with Gasteiger partial charge >= 0.3 is 0 Å². The third kappa shape index (κ3) is 4.29. The van der Waals surface area contributed by atoms with E-state index in [4.69, 9.17) is 0 Å². The zero-order valence-electron chi connectivity index (χ0n) is 20.9. The van der Waals surface area contributed by atoms with E-state index < -0.39 is 18.2 Å². The molecule has 0 aromatic heterocycles. The fraction of sp³-hybridized carbons (Fsp3) is 0.500. The number of benzene rings is 2. The predicted octanol–water partition coefficient (Wildman–Crippen LogP) is 7.81. The molecular weight excluding hydrogens is 415 g/mol. The van der Waals surface area contributed by atoms with Crippen LogP contribution < -0.4 is 0 Å². The van der Waals surface area contributed by atoms with Gasteiger partial charge in [-0.1, -0.05) is 63.4 Å². The third-order valence-corrected chi connectivity index (χ3v) is 10.1. The van der Waals surface area contributed by atoms with Crippen LogP contribution in [0.25, 0.3) is 0 Å². The molecule has 1 aliphatic rings. The molecule has 1 unspecified atom stereocenters. The molecule has 0 amide bonds. The third-order valence-electron chi connectivity index (χ3n) is 6.95. The molecule has 2 aromatic carbocycles. The van der Waals surface area contributed by atoms with Crippen LogP contribution >= 0.6 is 7.14 Å². The van der Waals surface area contributed by atoms with Crippen molar-refractivity contribution in [3.05, 3.63) is 68.8 Å². The number of carbonyl (C=O) groups is 2. The fourth-order valence-electron chi connectivity index (χ4n) is 5.28. The average Bonchev–Trinajstić information content (AvgIpc) is 3.20. The van der Waals surface area contributed by atoms with E-state index in [1.165, 1.54) is 0 Å². The Hall–Kier alpha value is -1.99. The Kier molecular flexibility index (Phi) is 6.74. The lowest BCUT2D eigenvalue weighted by atomic mass is 9.84. The van der Waals surface area contributed by atoms with Crippen LogP contribution in [0.15, 0.2) is 24.3 Å². The van der Waals surface area contributed by atoms with Crippen LogP contribution in [0.3, 0.4) is 0 Å². The number of aryl methyl sites for hydroxylation is 5. The Morgan fingerprint density at radius 1 is 0.750 bits per heavy atom. The van der Waals surface area contributed by atoms with Crippen LogP contribution in [0.4, 0.5) is 0 Å². The Morgan fingerprint density at radius 3 is 1.50 bits per heavy atom. The van der Waals surface area contributed by atoms with Crippen molar-refractivity contribution in [2.45, 2.75) is 92.1 Å². The Bertz CT molecular complexity index is 1080. The molecule has 0 aliphatic heterocycles. The van der Waals surface area contributed by atoms with E-state index in [1.807, 2.05) is 58.9 Å². The first-order valence-electron chi connectivity index (χ1n) is 11.7. The number of rotatable bonds is 5. The van der Waals surface area contributed by atoms with Crippen LogP contribution in [-0.2, 0) is 9.98 Å². The second-order valence-corrected chi connectivity index (χ2v) is 13.6. The topological polar surface area (TPSA) is 51.2 Å². The fourth-order valence-corrected chi connectivity index (χ4v) is 8.59. The molecule has 0 spiro atoms. The van der Waals surface area contributed by atoms with Crippen molar-refractivity contribution in [3.63, 3.8) is 0 Å². The highest BCUT2D eigenvalue weighted by molar-refractivity contribution is 7.96. The monoisotopic (exact) mass is 452 g/mol. The van der Waals surface area contributed by atoms with Crippen LogP contribution in [0.2, 0.25) is 0 Å². The minimum Gasteiger partial charge on any atom is -0.306 e. The predicted molar refractivity (Wildman–Crippen MR) is 134 cm³/mol. The first kappa shape index (κ1) is 24.6. The molecule has 0 N–H and O–H groups in total. The van der Waals surface area contributed by atoms with Crippen molar-refractivity contribution in [1.29, 1.82) is 0 Å². The first-order chi connectivity index (χ1) is 14.8. The molecular formula is C28H37O3P. The Balaban J connectivity index is 2.21. The highest BCUT2D eigenvalue weighted by atomic mass is 31.2. The van der Waals surface area contributed by atoms with Crippen molar-refractivity contribution in [1.82, 2.24) is 0 Å². The summed E-state index contributed by atoms with van der Waals surface area (Å²) in [6, 6.07) is 7.93. The molecule has 3 rings (SSSR count). The lowest BCUT2D eigenvalue weighted by molar-refractivity contribution is 0.103. The van der Waals surface area contributed by atoms with E-state index in [2.05, 4.69) is 20.8 Å². The Labute approximate surface area is 193 Å². The molecule has 0 saturated heterocycles. The summed E-state index contributed by atoms with van der Waals surface area (Å²) >= 11 is 0. The number of hydrogen-bond donors (Lipinski definition) is 0. The molecule has 1 saturated carbocycles. The highest BCUT2D eigenvalue weighted by Gasteiger charge is 2.49. The van der Waals surface area contributed by atoms with Gasteiger partial charge in [0.05, 0.1) is 0 Å². The van der Waals surface area contributed by atoms with E-state index >= 15 is 0 Å². The minimum atomic E-state index is -3.85. The first-order valence-corrected chi connectivity index (χ1v) is 13.4. The number of hydrogen-bond acceptors (Lipinski definition) is 3. The summed E-state index contributed by atoms with van der Waals surface area (Å²) in [6.07, 6.45) is 3.19. The smallest absolute Gasteiger partial charge is 0.229 e. The summed E-state index contributed by atoms with van der Waals surface area (Å²) in [4.78, 5) is 28.1. The standard InChI is InChI=1S/C28H37O3P/c1-17-13-18(2)24(19(3)14-17)26(29)32(31,23-11-9-10-12-23)27(30)25-20(4)15-22(16-21(25)5)28(6,7)8/h13-16,23H,9-12H2,1-8H3. The lowest BCUT2D eigenvalue weighted by Crippen LogP contribution is -2.23. The van der Waals surface area contributed by atoms with Crippen molar-refractivity contribution < 1.29 is 14.2 Å². The maximum absolute atomic E-state index is 14.7. The second-order valence-electron chi connectivity index (χ2n) is 10.7. The summed E-state index contributed by atoms with van der Waals surface area (Å²) in [7, 11) is -3.85. The van der Waals surface area contributed by atoms with Gasteiger partial charge in [0, 0.05) is 16.8 Å². The summed E-state index contributed by atoms with van der Waals surface area (Å²) in [6.45, 7) is 16.0. The Morgan fingerprint density at radius 2 is 1.12 bits per heavy atom. The van der Waals surface area contributed by atoms with Crippen molar-refractivity contribution in [2.75, 3.05) is 0 Å². The summed E-state index contributed by atoms with van der Waals surface area (Å²) in [5.74, 6) is 0. The highest BCUT2D eigenvalue weighted by Crippen LogP contribution is 2.61. The van der Waals surface area contributed by atoms with Gasteiger partial charge in [-0.25, -0.2) is 0 Å². The van der Waals surface area contributed by atoms with Crippen molar-refractivity contribution >= 4 is 18.2 Å². The summed E-state index contributed by atoms with van der Waals surface area (Å²) in [5.41, 5.74) is 5.06. The maximum Gasteiger partial charge on any atom is 0.229 e. The van der Waals surface area contributed by atoms with Crippen LogP contribution in [0, 0.1) is 34.6 Å². The van der Waals surface area contributed by atoms with Gasteiger partial charge in [0.15, 0.2) is 0 Å². The van der Waals surface area contributed by atoms with Crippen LogP contribution in [-0.4, -0.2) is 16.7 Å². The van der Waals surface area contributed by atoms with Gasteiger partial charge in [-0.3, -0.25) is 9.59 Å². The summed E-state index contributed by atoms with van der Waals surface area (Å²) in [5, 5.41) is 0. The molecule has 32 heavy (non-hydrogen) atoms. The molecule has 0 heterocycles. The number of carbonyl (C=O) groups excluding carboxylic acids is 2. The molecule has 0 radical (unpaired) electrons. The van der Waals surface area contributed by atoms with Gasteiger partial charge in [0.2, 0.25) is 18.2 Å². The van der Waals surface area contributed by atoms with Gasteiger partial charge in [-0.05, 0) is 80.7 Å². The van der Waals surface area contributed by atoms with E-state index in [9.17, 15) is 14.2 Å². The normalized spacial score (nSPS) is 16.8. The van der Waals surface area contributed by atoms with Crippen LogP contribution in [0.5, 0.6) is 0 Å². The zero-order chi connectivity index (χ0) is 24.0. The molecule has 2 aromatic rings. The minimum absolute atomic E-state index is 0.0574. The largest absolute Gasteiger partial charge is 0.306 e. The molecule has 1 aliphatic carbocycles. The molecule has 1 fully saturated rings. The van der Waals surface area contributed by atoms with Crippen molar-refractivity contribution in [3.8, 4) is 0 Å². The van der Waals surface area contributed by atoms with Gasteiger partial charge in [0.1, 0.15) is 0 Å². The van der Waals surface area contributed by atoms with Gasteiger partial charge in [-0.15, -0.1) is 0 Å². The molecule has 1 atom stereocenters. The quantitative estimate of drug-likeness (QED) is 0.435. The van der Waals surface area contributed by atoms with E-state index in [0.717, 1.165) is 46.2 Å². The zero-order valence-corrected chi connectivity index (χ0v) is 21.8. The molecule has 0 bridgehead atoms. The van der Waals surface area contributed by atoms with Crippen LogP contribution in [0.1, 0.15) is 101 Å². The molecule has 172 valence electrons. The second kappa shape index (κ2) is 8.75. The van der Waals surface area contributed by atoms with Gasteiger partial charge < -0.3 is 4.57 Å². The molecule has 4 heteroatoms. The van der Waals surface area contributed by atoms with Gasteiger partial charge in [0.25, 0.3) is 0 Å². The SMILES string of the molecule is Cc1cc(C)c(C(=O)P(=O)(C(=O)c2c(C)cc(C(C)(C)C)cc2C)C2CCCC2)c(C)c1. The van der Waals surface area contributed by atoms with Crippen molar-refractivity contribution in [2.24, 2.45) is 0 Å². The van der Waals surface area contributed by atoms with E-state index in [1.54, 1.807) is 0 Å². The molecule has 3 nitrogen and oxygen atoms in total. The lowest BCUT2D eigenvalue weighted by Gasteiger charge is -2.26. The van der Waals surface area contributed by atoms with E-state index in [-0.39, 0.29) is 11.1 Å². The van der Waals surface area contributed by atoms with Gasteiger partial charge in [-0.2, -0.15) is 0 Å². The average molecular weight is 453 g/mol.